The van der Waals surface area contributed by atoms with E-state index in [-0.39, 0.29) is 6.04 Å². The van der Waals surface area contributed by atoms with Gasteiger partial charge in [-0.15, -0.1) is 10.2 Å². The molecule has 1 atom stereocenters. The molecule has 0 spiro atoms. The highest BCUT2D eigenvalue weighted by Crippen LogP contribution is 2.24. The summed E-state index contributed by atoms with van der Waals surface area (Å²) in [6.45, 7) is 2.55. The molecular weight excluding hydrogens is 312 g/mol. The highest BCUT2D eigenvalue weighted by atomic mass is 79.9. The fraction of sp³-hybridized carbons (Fsp3) is 0.500. The number of rotatable bonds is 3. The summed E-state index contributed by atoms with van der Waals surface area (Å²) in [5, 5.41) is 8.04. The number of nitrogens with zero attached hydrogens (tertiary/aromatic N) is 3. The van der Waals surface area contributed by atoms with Gasteiger partial charge in [0.05, 0.1) is 6.54 Å². The van der Waals surface area contributed by atoms with E-state index in [1.54, 1.807) is 12.1 Å². The van der Waals surface area contributed by atoms with Crippen LogP contribution in [-0.4, -0.2) is 34.2 Å². The lowest BCUT2D eigenvalue weighted by Crippen LogP contribution is -2.42. The summed E-state index contributed by atoms with van der Waals surface area (Å²) < 4.78 is 11.6. The van der Waals surface area contributed by atoms with Crippen molar-refractivity contribution in [3.8, 4) is 11.7 Å². The lowest BCUT2D eigenvalue weighted by Gasteiger charge is -2.29. The number of furan rings is 1. The maximum absolute atomic E-state index is 5.95. The van der Waals surface area contributed by atoms with E-state index < -0.39 is 0 Å². The molecule has 0 bridgehead atoms. The fourth-order valence-electron chi connectivity index (χ4n) is 2.27. The second-order valence-corrected chi connectivity index (χ2v) is 5.52. The fourth-order valence-corrected chi connectivity index (χ4v) is 2.58. The molecule has 0 aliphatic carbocycles. The van der Waals surface area contributed by atoms with Crippen LogP contribution in [0.1, 0.15) is 18.7 Å². The van der Waals surface area contributed by atoms with Gasteiger partial charge in [-0.05, 0) is 47.4 Å². The van der Waals surface area contributed by atoms with Gasteiger partial charge in [0.25, 0.3) is 5.89 Å². The molecule has 3 rings (SSSR count). The van der Waals surface area contributed by atoms with Gasteiger partial charge in [0.15, 0.2) is 10.4 Å². The zero-order valence-corrected chi connectivity index (χ0v) is 12.0. The van der Waals surface area contributed by atoms with Gasteiger partial charge in [-0.25, -0.2) is 0 Å². The van der Waals surface area contributed by atoms with E-state index in [4.69, 9.17) is 14.6 Å². The van der Waals surface area contributed by atoms with Crippen molar-refractivity contribution in [3.05, 3.63) is 22.7 Å². The van der Waals surface area contributed by atoms with E-state index in [0.717, 1.165) is 25.9 Å². The van der Waals surface area contributed by atoms with E-state index in [0.29, 0.717) is 28.8 Å². The minimum atomic E-state index is 0.247. The predicted molar refractivity (Wildman–Crippen MR) is 72.2 cm³/mol. The Hall–Kier alpha value is -1.18. The molecule has 102 valence electrons. The molecule has 0 saturated carbocycles. The molecule has 3 heterocycles. The summed E-state index contributed by atoms with van der Waals surface area (Å²) in [5.74, 6) is 1.57. The Morgan fingerprint density at radius 3 is 3.00 bits per heavy atom. The molecule has 2 N–H and O–H groups in total. The number of hydrogen-bond acceptors (Lipinski definition) is 6. The zero-order valence-electron chi connectivity index (χ0n) is 10.4. The van der Waals surface area contributed by atoms with Gasteiger partial charge in [-0.2, -0.15) is 0 Å². The lowest BCUT2D eigenvalue weighted by atomic mass is 10.1. The summed E-state index contributed by atoms with van der Waals surface area (Å²) in [6, 6.07) is 3.83. The third-order valence-electron chi connectivity index (χ3n) is 3.15. The van der Waals surface area contributed by atoms with Gasteiger partial charge in [0, 0.05) is 12.6 Å². The van der Waals surface area contributed by atoms with Crippen molar-refractivity contribution in [2.45, 2.75) is 25.4 Å². The third kappa shape index (κ3) is 3.05. The van der Waals surface area contributed by atoms with Crippen LogP contribution in [0.25, 0.3) is 11.7 Å². The molecule has 1 aliphatic heterocycles. The maximum Gasteiger partial charge on any atom is 0.283 e. The van der Waals surface area contributed by atoms with Gasteiger partial charge in [0.1, 0.15) is 0 Å². The number of likely N-dealkylation sites (tertiary alicyclic amines) is 1. The summed E-state index contributed by atoms with van der Waals surface area (Å²) in [5.41, 5.74) is 5.95. The highest BCUT2D eigenvalue weighted by Gasteiger charge is 2.19. The number of hydrogen-bond donors (Lipinski definition) is 1. The molecule has 1 saturated heterocycles. The van der Waals surface area contributed by atoms with Crippen molar-refractivity contribution in [1.29, 1.82) is 0 Å². The Balaban J connectivity index is 1.68. The summed E-state index contributed by atoms with van der Waals surface area (Å²) in [6.07, 6.45) is 2.21. The van der Waals surface area contributed by atoms with Crippen LogP contribution in [0, 0.1) is 0 Å². The maximum atomic E-state index is 5.95. The molecule has 7 heteroatoms. The van der Waals surface area contributed by atoms with Crippen molar-refractivity contribution in [3.63, 3.8) is 0 Å². The average Bonchev–Trinajstić information content (AvgIpc) is 2.98. The smallest absolute Gasteiger partial charge is 0.283 e. The summed E-state index contributed by atoms with van der Waals surface area (Å²) in [7, 11) is 0. The lowest BCUT2D eigenvalue weighted by molar-refractivity contribution is 0.185. The quantitative estimate of drug-likeness (QED) is 0.929. The van der Waals surface area contributed by atoms with Crippen LogP contribution in [0.4, 0.5) is 0 Å². The van der Waals surface area contributed by atoms with Gasteiger partial charge in [-0.1, -0.05) is 0 Å². The van der Waals surface area contributed by atoms with Crippen LogP contribution >= 0.6 is 15.9 Å². The van der Waals surface area contributed by atoms with E-state index in [1.165, 1.54) is 0 Å². The second-order valence-electron chi connectivity index (χ2n) is 4.74. The molecule has 0 radical (unpaired) electrons. The van der Waals surface area contributed by atoms with E-state index in [2.05, 4.69) is 31.0 Å². The summed E-state index contributed by atoms with van der Waals surface area (Å²) in [4.78, 5) is 2.24. The van der Waals surface area contributed by atoms with E-state index >= 15 is 0 Å². The van der Waals surface area contributed by atoms with Gasteiger partial charge >= 0.3 is 0 Å². The Bertz CT molecular complexity index is 553. The summed E-state index contributed by atoms with van der Waals surface area (Å²) >= 11 is 3.24. The first-order valence-corrected chi connectivity index (χ1v) is 7.06. The molecule has 6 nitrogen and oxygen atoms in total. The topological polar surface area (TPSA) is 81.3 Å². The van der Waals surface area contributed by atoms with E-state index in [1.807, 2.05) is 0 Å². The Morgan fingerprint density at radius 2 is 2.26 bits per heavy atom. The van der Waals surface area contributed by atoms with Crippen LogP contribution < -0.4 is 5.73 Å². The molecule has 1 fully saturated rings. The monoisotopic (exact) mass is 326 g/mol. The van der Waals surface area contributed by atoms with Crippen molar-refractivity contribution in [2.75, 3.05) is 13.1 Å². The van der Waals surface area contributed by atoms with Crippen molar-refractivity contribution >= 4 is 15.9 Å². The van der Waals surface area contributed by atoms with Crippen LogP contribution in [0.5, 0.6) is 0 Å². The van der Waals surface area contributed by atoms with Gasteiger partial charge < -0.3 is 14.6 Å². The zero-order chi connectivity index (χ0) is 13.2. The molecule has 2 aromatic heterocycles. The predicted octanol–water partition coefficient (Wildman–Crippen LogP) is 2.02. The first kappa shape index (κ1) is 12.8. The first-order valence-electron chi connectivity index (χ1n) is 6.27. The largest absolute Gasteiger partial charge is 0.444 e. The SMILES string of the molecule is N[C@@H]1CCCN(Cc2nnc(-c3ccc(Br)o3)o2)C1. The Kier molecular flexibility index (Phi) is 3.67. The minimum absolute atomic E-state index is 0.247. The molecule has 2 aromatic rings. The third-order valence-corrected chi connectivity index (χ3v) is 3.58. The van der Waals surface area contributed by atoms with Crippen molar-refractivity contribution in [1.82, 2.24) is 15.1 Å². The molecule has 1 aliphatic rings. The normalized spacial score (nSPS) is 20.8. The second kappa shape index (κ2) is 5.44. The standard InChI is InChI=1S/C12H15BrN4O2/c13-10-4-3-9(18-10)12-16-15-11(19-12)7-17-5-1-2-8(14)6-17/h3-4,8H,1-2,5-7,14H2/t8-/m1/s1. The van der Waals surface area contributed by atoms with Crippen LogP contribution in [0.3, 0.4) is 0 Å². The Labute approximate surface area is 119 Å². The van der Waals surface area contributed by atoms with Gasteiger partial charge in [-0.3, -0.25) is 4.90 Å². The number of nitrogens with two attached hydrogens (primary N) is 1. The molecular formula is C12H15BrN4O2. The minimum Gasteiger partial charge on any atom is -0.444 e. The molecule has 0 amide bonds. The van der Waals surface area contributed by atoms with Crippen LogP contribution in [0.15, 0.2) is 25.6 Å². The molecule has 0 aromatic carbocycles. The Morgan fingerprint density at radius 1 is 1.37 bits per heavy atom. The average molecular weight is 327 g/mol. The van der Waals surface area contributed by atoms with Crippen molar-refractivity contribution in [2.24, 2.45) is 5.73 Å². The first-order chi connectivity index (χ1) is 9.20. The van der Waals surface area contributed by atoms with E-state index in [9.17, 15) is 0 Å². The highest BCUT2D eigenvalue weighted by molar-refractivity contribution is 9.10. The number of aromatic nitrogens is 2. The van der Waals surface area contributed by atoms with Gasteiger partial charge in [0.2, 0.25) is 5.89 Å². The number of piperidine rings is 1. The molecule has 0 unspecified atom stereocenters. The van der Waals surface area contributed by atoms with Crippen LogP contribution in [-0.2, 0) is 6.54 Å². The van der Waals surface area contributed by atoms with Crippen LogP contribution in [0.2, 0.25) is 0 Å². The number of halogens is 1. The molecule has 19 heavy (non-hydrogen) atoms. The van der Waals surface area contributed by atoms with Crippen molar-refractivity contribution < 1.29 is 8.83 Å².